The van der Waals surface area contributed by atoms with Gasteiger partial charge in [-0.25, -0.2) is 0 Å². The Kier molecular flexibility index (Phi) is 2.11. The van der Waals surface area contributed by atoms with Crippen molar-refractivity contribution in [1.82, 2.24) is 0 Å². The van der Waals surface area contributed by atoms with Crippen molar-refractivity contribution in [2.75, 3.05) is 0 Å². The summed E-state index contributed by atoms with van der Waals surface area (Å²) in [7, 11) is 0. The number of rotatable bonds is 1. The molecule has 1 saturated heterocycles. The van der Waals surface area contributed by atoms with Crippen LogP contribution in [0.4, 0.5) is 0 Å². The lowest BCUT2D eigenvalue weighted by atomic mass is 10.1. The van der Waals surface area contributed by atoms with E-state index in [-0.39, 0.29) is 6.10 Å². The Hall–Kier alpha value is -0.860. The maximum absolute atomic E-state index is 9.18. The molecule has 2 rings (SSSR count). The lowest BCUT2D eigenvalue weighted by molar-refractivity contribution is 0.146. The predicted molar refractivity (Wildman–Crippen MR) is 45.2 cm³/mol. The summed E-state index contributed by atoms with van der Waals surface area (Å²) in [4.78, 5) is 0. The van der Waals surface area contributed by atoms with Crippen LogP contribution in [0.5, 0.6) is 0 Å². The van der Waals surface area contributed by atoms with Crippen LogP contribution in [-0.2, 0) is 4.74 Å². The summed E-state index contributed by atoms with van der Waals surface area (Å²) in [5.41, 5.74) is 1.13. The summed E-state index contributed by atoms with van der Waals surface area (Å²) < 4.78 is 5.28. The number of ether oxygens (including phenoxy) is 1. The molecule has 2 heteroatoms. The number of aliphatic hydroxyl groups excluding tert-OH is 1. The third-order valence-electron chi connectivity index (χ3n) is 2.03. The van der Waals surface area contributed by atoms with Gasteiger partial charge in [0.05, 0.1) is 12.2 Å². The summed E-state index contributed by atoms with van der Waals surface area (Å²) in [6.07, 6.45) is 0.306. The number of benzene rings is 1. The first-order chi connectivity index (χ1) is 5.86. The fraction of sp³-hybridized carbons (Fsp3) is 0.300. The molecule has 1 aromatic carbocycles. The van der Waals surface area contributed by atoms with Crippen molar-refractivity contribution in [2.24, 2.45) is 0 Å². The second kappa shape index (κ2) is 3.25. The summed E-state index contributed by atoms with van der Waals surface area (Å²) in [6, 6.07) is 9.94. The van der Waals surface area contributed by atoms with E-state index in [2.05, 4.69) is 0 Å². The lowest BCUT2D eigenvalue weighted by Crippen LogP contribution is -1.99. The Morgan fingerprint density at radius 1 is 1.25 bits per heavy atom. The summed E-state index contributed by atoms with van der Waals surface area (Å²) in [5, 5.41) is 9.18. The van der Waals surface area contributed by atoms with E-state index in [1.807, 2.05) is 30.3 Å². The van der Waals surface area contributed by atoms with Crippen molar-refractivity contribution in [3.05, 3.63) is 42.5 Å². The van der Waals surface area contributed by atoms with E-state index in [1.54, 1.807) is 0 Å². The normalized spacial score (nSPS) is 29.1. The first-order valence-electron chi connectivity index (χ1n) is 4.08. The standard InChI is InChI=1S/C10H11O2/c11-9-6-10(12-7-9)8-4-2-1-3-5-8/h1-5,7,9-11H,6H2. The van der Waals surface area contributed by atoms with Crippen LogP contribution >= 0.6 is 0 Å². The van der Waals surface area contributed by atoms with E-state index in [0.717, 1.165) is 5.56 Å². The van der Waals surface area contributed by atoms with Crippen LogP contribution in [-0.4, -0.2) is 11.2 Å². The highest BCUT2D eigenvalue weighted by Gasteiger charge is 2.24. The fourth-order valence-corrected chi connectivity index (χ4v) is 1.40. The molecule has 12 heavy (non-hydrogen) atoms. The van der Waals surface area contributed by atoms with Gasteiger partial charge in [0.1, 0.15) is 6.61 Å². The van der Waals surface area contributed by atoms with Crippen molar-refractivity contribution >= 4 is 0 Å². The third-order valence-corrected chi connectivity index (χ3v) is 2.03. The predicted octanol–water partition coefficient (Wildman–Crippen LogP) is 1.67. The molecule has 0 amide bonds. The van der Waals surface area contributed by atoms with E-state index in [4.69, 9.17) is 4.74 Å². The molecule has 0 aromatic heterocycles. The second-order valence-corrected chi connectivity index (χ2v) is 2.97. The van der Waals surface area contributed by atoms with Crippen molar-refractivity contribution in [1.29, 1.82) is 0 Å². The van der Waals surface area contributed by atoms with E-state index >= 15 is 0 Å². The van der Waals surface area contributed by atoms with E-state index in [9.17, 15) is 5.11 Å². The van der Waals surface area contributed by atoms with Crippen molar-refractivity contribution < 1.29 is 9.84 Å². The Balaban J connectivity index is 2.11. The number of hydrogen-bond donors (Lipinski definition) is 1. The van der Waals surface area contributed by atoms with Gasteiger partial charge in [0.2, 0.25) is 0 Å². The van der Waals surface area contributed by atoms with Crippen LogP contribution < -0.4 is 0 Å². The van der Waals surface area contributed by atoms with E-state index in [0.29, 0.717) is 6.42 Å². The van der Waals surface area contributed by atoms with Crippen LogP contribution in [0.2, 0.25) is 0 Å². The van der Waals surface area contributed by atoms with Gasteiger partial charge in [-0.15, -0.1) is 0 Å². The molecule has 1 heterocycles. The minimum atomic E-state index is -0.407. The highest BCUT2D eigenvalue weighted by Crippen LogP contribution is 2.30. The molecule has 63 valence electrons. The van der Waals surface area contributed by atoms with Gasteiger partial charge in [0.15, 0.2) is 0 Å². The maximum Gasteiger partial charge on any atom is 0.113 e. The first kappa shape index (κ1) is 7.77. The smallest absolute Gasteiger partial charge is 0.113 e. The largest absolute Gasteiger partial charge is 0.390 e. The van der Waals surface area contributed by atoms with Crippen LogP contribution in [0.15, 0.2) is 30.3 Å². The lowest BCUT2D eigenvalue weighted by Gasteiger charge is -2.07. The van der Waals surface area contributed by atoms with Crippen molar-refractivity contribution in [3.8, 4) is 0 Å². The Labute approximate surface area is 71.8 Å². The third kappa shape index (κ3) is 1.49. The molecule has 2 nitrogen and oxygen atoms in total. The molecule has 1 aliphatic heterocycles. The van der Waals surface area contributed by atoms with Crippen LogP contribution in [0.25, 0.3) is 0 Å². The zero-order valence-corrected chi connectivity index (χ0v) is 6.68. The molecule has 1 aliphatic rings. The minimum absolute atomic E-state index is 0.0428. The van der Waals surface area contributed by atoms with Gasteiger partial charge in [-0.1, -0.05) is 30.3 Å². The summed E-state index contributed by atoms with van der Waals surface area (Å²) >= 11 is 0. The monoisotopic (exact) mass is 163 g/mol. The number of aliphatic hydroxyl groups is 1. The zero-order valence-electron chi connectivity index (χ0n) is 6.68. The van der Waals surface area contributed by atoms with Crippen LogP contribution in [0.3, 0.4) is 0 Å². The second-order valence-electron chi connectivity index (χ2n) is 2.97. The highest BCUT2D eigenvalue weighted by molar-refractivity contribution is 5.18. The molecule has 0 saturated carbocycles. The molecular formula is C10H11O2. The summed E-state index contributed by atoms with van der Waals surface area (Å²) in [5.74, 6) is 0. The molecule has 0 aliphatic carbocycles. The van der Waals surface area contributed by atoms with Gasteiger partial charge in [0.25, 0.3) is 0 Å². The SMILES string of the molecule is OC1[CH]OC(c2ccccc2)C1. The average Bonchev–Trinajstić information content (AvgIpc) is 2.54. The van der Waals surface area contributed by atoms with Gasteiger partial charge < -0.3 is 9.84 Å². The topological polar surface area (TPSA) is 29.5 Å². The van der Waals surface area contributed by atoms with Gasteiger partial charge in [-0.2, -0.15) is 0 Å². The zero-order chi connectivity index (χ0) is 8.39. The van der Waals surface area contributed by atoms with Gasteiger partial charge in [-0.05, 0) is 5.56 Å². The van der Waals surface area contributed by atoms with Crippen molar-refractivity contribution in [3.63, 3.8) is 0 Å². The molecule has 2 unspecified atom stereocenters. The quantitative estimate of drug-likeness (QED) is 0.682. The molecule has 1 aromatic rings. The van der Waals surface area contributed by atoms with Gasteiger partial charge >= 0.3 is 0 Å². The number of hydrogen-bond acceptors (Lipinski definition) is 2. The minimum Gasteiger partial charge on any atom is -0.390 e. The van der Waals surface area contributed by atoms with Gasteiger partial charge in [0, 0.05) is 6.42 Å². The molecule has 2 atom stereocenters. The average molecular weight is 163 g/mol. The molecule has 0 bridgehead atoms. The Morgan fingerprint density at radius 2 is 2.00 bits per heavy atom. The van der Waals surface area contributed by atoms with Crippen molar-refractivity contribution in [2.45, 2.75) is 18.6 Å². The Bertz CT molecular complexity index is 245. The highest BCUT2D eigenvalue weighted by atomic mass is 16.5. The molecule has 1 radical (unpaired) electrons. The first-order valence-corrected chi connectivity index (χ1v) is 4.08. The summed E-state index contributed by atoms with van der Waals surface area (Å²) in [6.45, 7) is 1.50. The van der Waals surface area contributed by atoms with Crippen LogP contribution in [0.1, 0.15) is 18.1 Å². The van der Waals surface area contributed by atoms with E-state index < -0.39 is 6.10 Å². The Morgan fingerprint density at radius 3 is 2.58 bits per heavy atom. The van der Waals surface area contributed by atoms with Crippen LogP contribution in [0, 0.1) is 6.61 Å². The van der Waals surface area contributed by atoms with E-state index in [1.165, 1.54) is 6.61 Å². The maximum atomic E-state index is 9.18. The molecular weight excluding hydrogens is 152 g/mol. The molecule has 0 spiro atoms. The molecule has 1 fully saturated rings. The van der Waals surface area contributed by atoms with Gasteiger partial charge in [-0.3, -0.25) is 0 Å². The molecule has 1 N–H and O–H groups in total. The fourth-order valence-electron chi connectivity index (χ4n) is 1.40.